The zero-order chi connectivity index (χ0) is 28.6. The summed E-state index contributed by atoms with van der Waals surface area (Å²) in [6, 6.07) is 18.6. The molecule has 4 rings (SSSR count). The second-order valence-corrected chi connectivity index (χ2v) is 8.95. The van der Waals surface area contributed by atoms with Crippen molar-refractivity contribution >= 4 is 47.1 Å². The number of anilines is 1. The van der Waals surface area contributed by atoms with Crippen LogP contribution in [0.4, 0.5) is 5.69 Å². The van der Waals surface area contributed by atoms with Crippen molar-refractivity contribution in [3.8, 4) is 5.69 Å². The van der Waals surface area contributed by atoms with Gasteiger partial charge in [-0.3, -0.25) is 9.59 Å². The molecule has 40 heavy (non-hydrogen) atoms. The first-order valence-corrected chi connectivity index (χ1v) is 12.2. The molecule has 0 aliphatic carbocycles. The molecule has 1 aromatic heterocycles. The predicted molar refractivity (Wildman–Crippen MR) is 146 cm³/mol. The van der Waals surface area contributed by atoms with Crippen molar-refractivity contribution in [2.75, 3.05) is 5.32 Å². The minimum Gasteiger partial charge on any atom is -0.478 e. The second kappa shape index (κ2) is 12.5. The Morgan fingerprint density at radius 3 is 2.33 bits per heavy atom. The van der Waals surface area contributed by atoms with Crippen molar-refractivity contribution in [1.82, 2.24) is 20.3 Å². The summed E-state index contributed by atoms with van der Waals surface area (Å²) in [5, 5.41) is 31.4. The smallest absolute Gasteiger partial charge is 0.358 e. The number of benzene rings is 3. The summed E-state index contributed by atoms with van der Waals surface area (Å²) in [7, 11) is 0. The minimum atomic E-state index is -1.24. The van der Waals surface area contributed by atoms with Crippen molar-refractivity contribution in [2.45, 2.75) is 12.5 Å². The van der Waals surface area contributed by atoms with Gasteiger partial charge in [0.2, 0.25) is 11.8 Å². The standard InChI is InChI=1S/C28H22ClN5O6/c29-20-9-12-24(34-16-23(28(39)40)32-33-34)19(15-20)8-13-25(35)31-22(14-17-4-2-1-3-5-17)26(36)30-21-10-6-18(7-11-21)27(37)38/h1-13,15-16,22H,14H2,(H,30,36)(H,31,35)(H,37,38)(H,39,40). The predicted octanol–water partition coefficient (Wildman–Crippen LogP) is 3.70. The van der Waals surface area contributed by atoms with Gasteiger partial charge in [0.15, 0.2) is 5.69 Å². The van der Waals surface area contributed by atoms with E-state index in [-0.39, 0.29) is 17.7 Å². The molecule has 4 N–H and O–H groups in total. The number of amides is 2. The van der Waals surface area contributed by atoms with E-state index in [9.17, 15) is 19.2 Å². The van der Waals surface area contributed by atoms with Crippen LogP contribution in [0.15, 0.2) is 85.1 Å². The fourth-order valence-corrected chi connectivity index (χ4v) is 3.90. The Labute approximate surface area is 232 Å². The van der Waals surface area contributed by atoms with Crippen LogP contribution in [0.1, 0.15) is 32.0 Å². The third-order valence-corrected chi connectivity index (χ3v) is 5.91. The highest BCUT2D eigenvalue weighted by Gasteiger charge is 2.21. The number of carboxylic acid groups (broad SMARTS) is 2. The molecule has 1 heterocycles. The molecule has 0 aliphatic heterocycles. The Morgan fingerprint density at radius 1 is 0.950 bits per heavy atom. The zero-order valence-electron chi connectivity index (χ0n) is 20.7. The van der Waals surface area contributed by atoms with Crippen LogP contribution in [0.2, 0.25) is 5.02 Å². The van der Waals surface area contributed by atoms with E-state index >= 15 is 0 Å². The Kier molecular flexibility index (Phi) is 8.67. The summed E-state index contributed by atoms with van der Waals surface area (Å²) < 4.78 is 1.25. The number of halogens is 1. The van der Waals surface area contributed by atoms with Gasteiger partial charge < -0.3 is 20.8 Å². The second-order valence-electron chi connectivity index (χ2n) is 8.51. The van der Waals surface area contributed by atoms with Crippen molar-refractivity contribution in [3.05, 3.63) is 112 Å². The number of nitrogens with zero attached hydrogens (tertiary/aromatic N) is 3. The molecule has 0 saturated heterocycles. The lowest BCUT2D eigenvalue weighted by molar-refractivity contribution is -0.123. The lowest BCUT2D eigenvalue weighted by Crippen LogP contribution is -2.44. The maximum atomic E-state index is 13.1. The maximum Gasteiger partial charge on any atom is 0.358 e. The van der Waals surface area contributed by atoms with Gasteiger partial charge >= 0.3 is 11.9 Å². The number of carboxylic acids is 2. The number of carbonyl (C=O) groups excluding carboxylic acids is 2. The number of nitrogens with one attached hydrogen (secondary N) is 2. The van der Waals surface area contributed by atoms with Gasteiger partial charge in [0.05, 0.1) is 17.4 Å². The Hall–Kier alpha value is -5.29. The summed E-state index contributed by atoms with van der Waals surface area (Å²) in [6.45, 7) is 0. The van der Waals surface area contributed by atoms with Crippen LogP contribution in [0.5, 0.6) is 0 Å². The Bertz CT molecular complexity index is 1580. The molecule has 12 heteroatoms. The van der Waals surface area contributed by atoms with Crippen LogP contribution in [-0.2, 0) is 16.0 Å². The molecule has 0 bridgehead atoms. The number of hydrogen-bond acceptors (Lipinski definition) is 6. The first-order chi connectivity index (χ1) is 19.2. The van der Waals surface area contributed by atoms with Crippen LogP contribution in [0.25, 0.3) is 11.8 Å². The first kappa shape index (κ1) is 27.7. The van der Waals surface area contributed by atoms with Crippen molar-refractivity contribution in [2.24, 2.45) is 0 Å². The molecule has 0 spiro atoms. The van der Waals surface area contributed by atoms with Gasteiger partial charge in [-0.1, -0.05) is 47.1 Å². The van der Waals surface area contributed by atoms with E-state index < -0.39 is 29.8 Å². The van der Waals surface area contributed by atoms with Crippen LogP contribution >= 0.6 is 11.6 Å². The Balaban J connectivity index is 1.53. The molecular weight excluding hydrogens is 538 g/mol. The highest BCUT2D eigenvalue weighted by molar-refractivity contribution is 6.30. The number of rotatable bonds is 10. The fraction of sp³-hybridized carbons (Fsp3) is 0.0714. The van der Waals surface area contributed by atoms with E-state index in [0.29, 0.717) is 22.0 Å². The average Bonchev–Trinajstić information content (AvgIpc) is 3.43. The van der Waals surface area contributed by atoms with E-state index in [1.165, 1.54) is 47.3 Å². The molecule has 202 valence electrons. The third-order valence-electron chi connectivity index (χ3n) is 5.68. The molecular formula is C28H22ClN5O6. The van der Waals surface area contributed by atoms with E-state index in [1.807, 2.05) is 30.3 Å². The first-order valence-electron chi connectivity index (χ1n) is 11.8. The number of aromatic carboxylic acids is 2. The SMILES string of the molecule is O=C(C=Cc1cc(Cl)ccc1-n1cc(C(=O)O)nn1)NC(Cc1ccccc1)C(=O)Nc1ccc(C(=O)O)cc1. The molecule has 0 saturated carbocycles. The fourth-order valence-electron chi connectivity index (χ4n) is 3.72. The monoisotopic (exact) mass is 559 g/mol. The normalized spacial score (nSPS) is 11.6. The van der Waals surface area contributed by atoms with Gasteiger partial charge in [0, 0.05) is 28.8 Å². The van der Waals surface area contributed by atoms with E-state index in [0.717, 1.165) is 5.56 Å². The van der Waals surface area contributed by atoms with Gasteiger partial charge in [0.25, 0.3) is 0 Å². The van der Waals surface area contributed by atoms with E-state index in [2.05, 4.69) is 20.9 Å². The lowest BCUT2D eigenvalue weighted by atomic mass is 10.0. The molecule has 0 radical (unpaired) electrons. The minimum absolute atomic E-state index is 0.0720. The van der Waals surface area contributed by atoms with Crippen LogP contribution in [0, 0.1) is 0 Å². The average molecular weight is 560 g/mol. The number of carbonyl (C=O) groups is 4. The summed E-state index contributed by atoms with van der Waals surface area (Å²) in [5.74, 6) is -3.40. The highest BCUT2D eigenvalue weighted by atomic mass is 35.5. The quantitative estimate of drug-likeness (QED) is 0.214. The van der Waals surface area contributed by atoms with Gasteiger partial charge in [-0.05, 0) is 54.1 Å². The van der Waals surface area contributed by atoms with Crippen molar-refractivity contribution < 1.29 is 29.4 Å². The third kappa shape index (κ3) is 7.17. The number of aromatic nitrogens is 3. The largest absolute Gasteiger partial charge is 0.478 e. The molecule has 1 atom stereocenters. The molecule has 3 aromatic carbocycles. The maximum absolute atomic E-state index is 13.1. The molecule has 1 unspecified atom stereocenters. The molecule has 2 amide bonds. The molecule has 4 aromatic rings. The molecule has 0 aliphatic rings. The summed E-state index contributed by atoms with van der Waals surface area (Å²) >= 11 is 6.14. The highest BCUT2D eigenvalue weighted by Crippen LogP contribution is 2.21. The van der Waals surface area contributed by atoms with Crippen LogP contribution in [-0.4, -0.2) is 55.0 Å². The van der Waals surface area contributed by atoms with Gasteiger partial charge in [-0.15, -0.1) is 5.10 Å². The van der Waals surface area contributed by atoms with Crippen LogP contribution in [0.3, 0.4) is 0 Å². The summed E-state index contributed by atoms with van der Waals surface area (Å²) in [5.41, 5.74) is 1.88. The molecule has 0 fully saturated rings. The van der Waals surface area contributed by atoms with Gasteiger partial charge in [0.1, 0.15) is 6.04 Å². The van der Waals surface area contributed by atoms with Crippen molar-refractivity contribution in [3.63, 3.8) is 0 Å². The molecule has 11 nitrogen and oxygen atoms in total. The Morgan fingerprint density at radius 2 is 1.68 bits per heavy atom. The lowest BCUT2D eigenvalue weighted by Gasteiger charge is -2.18. The van der Waals surface area contributed by atoms with Crippen LogP contribution < -0.4 is 10.6 Å². The van der Waals surface area contributed by atoms with Gasteiger partial charge in [-0.2, -0.15) is 0 Å². The topological polar surface area (TPSA) is 164 Å². The van der Waals surface area contributed by atoms with E-state index in [4.69, 9.17) is 21.8 Å². The summed E-state index contributed by atoms with van der Waals surface area (Å²) in [4.78, 5) is 48.4. The number of hydrogen-bond donors (Lipinski definition) is 4. The summed E-state index contributed by atoms with van der Waals surface area (Å²) in [6.07, 6.45) is 4.10. The zero-order valence-corrected chi connectivity index (χ0v) is 21.4. The van der Waals surface area contributed by atoms with E-state index in [1.54, 1.807) is 18.2 Å². The van der Waals surface area contributed by atoms with Gasteiger partial charge in [-0.25, -0.2) is 14.3 Å². The van der Waals surface area contributed by atoms with Crippen molar-refractivity contribution in [1.29, 1.82) is 0 Å².